The van der Waals surface area contributed by atoms with Crippen LogP contribution in [0.1, 0.15) is 26.2 Å². The third kappa shape index (κ3) is 5.58. The van der Waals surface area contributed by atoms with E-state index in [1.165, 1.54) is 12.8 Å². The van der Waals surface area contributed by atoms with E-state index in [9.17, 15) is 0 Å². The van der Waals surface area contributed by atoms with Gasteiger partial charge in [0, 0.05) is 6.54 Å². The summed E-state index contributed by atoms with van der Waals surface area (Å²) in [6.45, 7) is 7.32. The fourth-order valence-electron chi connectivity index (χ4n) is 0.875. The summed E-state index contributed by atoms with van der Waals surface area (Å²) in [7, 11) is 0. The number of rotatable bonds is 7. The van der Waals surface area contributed by atoms with Crippen molar-refractivity contribution in [3.8, 4) is 0 Å². The fraction of sp³-hybridized carbons (Fsp3) is 0.750. The van der Waals surface area contributed by atoms with Crippen LogP contribution in [0.5, 0.6) is 0 Å². The Labute approximate surface area is 68.6 Å². The van der Waals surface area contributed by atoms with Crippen molar-refractivity contribution >= 4 is 0 Å². The average Bonchev–Trinajstić information content (AvgIpc) is 2.03. The lowest BCUT2D eigenvalue weighted by Crippen LogP contribution is -2.17. The van der Waals surface area contributed by atoms with Crippen LogP contribution in [0.4, 0.5) is 0 Å². The van der Waals surface area contributed by atoms with Gasteiger partial charge in [-0.05, 0) is 6.42 Å². The number of nitrogens with zero attached hydrogens (tertiary/aromatic N) is 2. The Morgan fingerprint density at radius 2 is 2.27 bits per heavy atom. The van der Waals surface area contributed by atoms with E-state index in [0.717, 1.165) is 13.0 Å². The molecule has 0 aromatic rings. The molecule has 0 aliphatic heterocycles. The summed E-state index contributed by atoms with van der Waals surface area (Å²) >= 11 is 0. The van der Waals surface area contributed by atoms with Gasteiger partial charge in [-0.1, -0.05) is 31.1 Å². The zero-order chi connectivity index (χ0) is 8.53. The quantitative estimate of drug-likeness (QED) is 0.261. The van der Waals surface area contributed by atoms with E-state index in [0.29, 0.717) is 6.54 Å². The van der Waals surface area contributed by atoms with E-state index >= 15 is 0 Å². The van der Waals surface area contributed by atoms with Gasteiger partial charge in [0.05, 0.1) is 6.54 Å². The van der Waals surface area contributed by atoms with Crippen LogP contribution < -0.4 is 0 Å². The van der Waals surface area contributed by atoms with Gasteiger partial charge < -0.3 is 0 Å². The zero-order valence-corrected chi connectivity index (χ0v) is 7.21. The van der Waals surface area contributed by atoms with Crippen molar-refractivity contribution in [1.82, 2.24) is 5.01 Å². The number of unbranched alkanes of at least 4 members (excludes halogenated alkanes) is 2. The molecule has 0 aromatic heterocycles. The smallest absolute Gasteiger partial charge is 0.0555 e. The summed E-state index contributed by atoms with van der Waals surface area (Å²) in [6.07, 6.45) is 5.31. The third-order valence-electron chi connectivity index (χ3n) is 1.50. The molecular formula is C8H17N3. The maximum absolute atomic E-state index is 6.80. The fourth-order valence-corrected chi connectivity index (χ4v) is 0.875. The topological polar surface area (TPSA) is 39.5 Å². The minimum atomic E-state index is 0.688. The molecular weight excluding hydrogens is 138 g/mol. The molecule has 0 fully saturated rings. The summed E-state index contributed by atoms with van der Waals surface area (Å²) in [5.74, 6) is 0. The Hall–Kier alpha value is -0.860. The largest absolute Gasteiger partial charge is 0.275 e. The Morgan fingerprint density at radius 1 is 1.55 bits per heavy atom. The molecule has 0 amide bonds. The highest BCUT2D eigenvalue weighted by atomic mass is 15.5. The molecule has 0 atom stereocenters. The first kappa shape index (κ1) is 10.1. The molecule has 3 heteroatoms. The first-order valence-corrected chi connectivity index (χ1v) is 4.08. The van der Waals surface area contributed by atoms with Crippen LogP contribution in [-0.2, 0) is 0 Å². The molecule has 0 bridgehead atoms. The summed E-state index contributed by atoms with van der Waals surface area (Å²) in [4.78, 5) is 0. The normalized spacial score (nSPS) is 9.18. The highest BCUT2D eigenvalue weighted by Crippen LogP contribution is 1.98. The van der Waals surface area contributed by atoms with Crippen LogP contribution in [0.3, 0.4) is 0 Å². The SMILES string of the molecule is C=CCN(CCCCC)N=N. The van der Waals surface area contributed by atoms with Crippen molar-refractivity contribution < 1.29 is 0 Å². The van der Waals surface area contributed by atoms with Gasteiger partial charge in [0.25, 0.3) is 0 Å². The minimum Gasteiger partial charge on any atom is -0.275 e. The summed E-state index contributed by atoms with van der Waals surface area (Å²) < 4.78 is 0. The zero-order valence-electron chi connectivity index (χ0n) is 7.21. The molecule has 0 saturated carbocycles. The predicted octanol–water partition coefficient (Wildman–Crippen LogP) is 2.61. The number of hydrogen-bond acceptors (Lipinski definition) is 2. The lowest BCUT2D eigenvalue weighted by molar-refractivity contribution is 0.282. The van der Waals surface area contributed by atoms with Crippen LogP contribution >= 0.6 is 0 Å². The summed E-state index contributed by atoms with van der Waals surface area (Å²) in [5.41, 5.74) is 6.80. The molecule has 0 aromatic carbocycles. The maximum atomic E-state index is 6.80. The molecule has 0 heterocycles. The van der Waals surface area contributed by atoms with Crippen molar-refractivity contribution in [3.63, 3.8) is 0 Å². The third-order valence-corrected chi connectivity index (χ3v) is 1.50. The van der Waals surface area contributed by atoms with Crippen molar-refractivity contribution in [2.45, 2.75) is 26.2 Å². The second-order valence-electron chi connectivity index (χ2n) is 2.51. The second-order valence-corrected chi connectivity index (χ2v) is 2.51. The highest BCUT2D eigenvalue weighted by Gasteiger charge is 1.95. The van der Waals surface area contributed by atoms with Crippen molar-refractivity contribution in [2.75, 3.05) is 13.1 Å². The Kier molecular flexibility index (Phi) is 6.68. The van der Waals surface area contributed by atoms with Gasteiger partial charge in [-0.2, -0.15) is 5.53 Å². The van der Waals surface area contributed by atoms with Crippen LogP contribution in [0.2, 0.25) is 0 Å². The predicted molar refractivity (Wildman–Crippen MR) is 46.4 cm³/mol. The molecule has 0 saturated heterocycles. The molecule has 0 aliphatic rings. The van der Waals surface area contributed by atoms with Gasteiger partial charge in [-0.3, -0.25) is 5.01 Å². The average molecular weight is 155 g/mol. The highest BCUT2D eigenvalue weighted by molar-refractivity contribution is 4.70. The molecule has 1 N–H and O–H groups in total. The summed E-state index contributed by atoms with van der Waals surface area (Å²) in [5, 5.41) is 5.07. The Balaban J connectivity index is 3.35. The lowest BCUT2D eigenvalue weighted by Gasteiger charge is -2.13. The van der Waals surface area contributed by atoms with Crippen molar-refractivity contribution in [2.24, 2.45) is 5.22 Å². The number of hydrogen-bond donors (Lipinski definition) is 1. The standard InChI is InChI=1S/C8H17N3/c1-3-5-6-8-11(10-9)7-4-2/h4,9H,2-3,5-8H2,1H3. The van der Waals surface area contributed by atoms with Crippen molar-refractivity contribution in [1.29, 1.82) is 5.53 Å². The van der Waals surface area contributed by atoms with E-state index in [1.54, 1.807) is 11.1 Å². The van der Waals surface area contributed by atoms with Gasteiger partial charge in [0.1, 0.15) is 0 Å². The van der Waals surface area contributed by atoms with E-state index in [-0.39, 0.29) is 0 Å². The monoisotopic (exact) mass is 155 g/mol. The van der Waals surface area contributed by atoms with Crippen molar-refractivity contribution in [3.05, 3.63) is 12.7 Å². The molecule has 0 unspecified atom stereocenters. The summed E-state index contributed by atoms with van der Waals surface area (Å²) in [6, 6.07) is 0. The van der Waals surface area contributed by atoms with Gasteiger partial charge in [-0.15, -0.1) is 6.58 Å². The van der Waals surface area contributed by atoms with Crippen LogP contribution in [-0.4, -0.2) is 18.1 Å². The van der Waals surface area contributed by atoms with Crippen LogP contribution in [0.15, 0.2) is 17.9 Å². The second kappa shape index (κ2) is 7.25. The van der Waals surface area contributed by atoms with E-state index in [2.05, 4.69) is 18.7 Å². The first-order chi connectivity index (χ1) is 5.35. The van der Waals surface area contributed by atoms with Gasteiger partial charge in [0.2, 0.25) is 0 Å². The molecule has 11 heavy (non-hydrogen) atoms. The molecule has 0 spiro atoms. The Bertz CT molecular complexity index is 112. The van der Waals surface area contributed by atoms with E-state index in [4.69, 9.17) is 5.53 Å². The van der Waals surface area contributed by atoms with E-state index in [1.807, 2.05) is 0 Å². The van der Waals surface area contributed by atoms with Gasteiger partial charge in [-0.25, -0.2) is 0 Å². The van der Waals surface area contributed by atoms with Gasteiger partial charge >= 0.3 is 0 Å². The van der Waals surface area contributed by atoms with Gasteiger partial charge in [0.15, 0.2) is 0 Å². The molecule has 64 valence electrons. The molecule has 0 rings (SSSR count). The van der Waals surface area contributed by atoms with Crippen LogP contribution in [0, 0.1) is 5.53 Å². The minimum absolute atomic E-state index is 0.688. The lowest BCUT2D eigenvalue weighted by atomic mass is 10.2. The molecule has 0 radical (unpaired) electrons. The first-order valence-electron chi connectivity index (χ1n) is 4.08. The maximum Gasteiger partial charge on any atom is 0.0555 e. The number of nitrogens with one attached hydrogen (secondary N) is 1. The Morgan fingerprint density at radius 3 is 2.73 bits per heavy atom. The molecule has 0 aliphatic carbocycles. The molecule has 3 nitrogen and oxygen atoms in total. The van der Waals surface area contributed by atoms with E-state index < -0.39 is 0 Å². The van der Waals surface area contributed by atoms with Crippen LogP contribution in [0.25, 0.3) is 0 Å².